The number of ether oxygens (including phenoxy) is 1. The standard InChI is InChI=1S/C18H21NO5/c1-11(2)7-8-19-16(21)10-24-18(23)14-9-15(20)12-5-3-4-6-13(12)17(14)22/h3-6,9,11,20,22H,7-8,10H2,1-2H3,(H,19,21). The van der Waals surface area contributed by atoms with E-state index < -0.39 is 18.5 Å². The maximum atomic E-state index is 12.1. The number of hydrogen-bond acceptors (Lipinski definition) is 5. The van der Waals surface area contributed by atoms with E-state index in [1.54, 1.807) is 24.3 Å². The monoisotopic (exact) mass is 331 g/mol. The van der Waals surface area contributed by atoms with Gasteiger partial charge in [0.05, 0.1) is 0 Å². The average molecular weight is 331 g/mol. The molecule has 2 rings (SSSR count). The summed E-state index contributed by atoms with van der Waals surface area (Å²) in [6.45, 7) is 4.16. The molecule has 0 aliphatic heterocycles. The van der Waals surface area contributed by atoms with Crippen LogP contribution in [0.2, 0.25) is 0 Å². The Hall–Kier alpha value is -2.76. The van der Waals surface area contributed by atoms with Crippen LogP contribution in [-0.4, -0.2) is 35.2 Å². The van der Waals surface area contributed by atoms with E-state index in [9.17, 15) is 19.8 Å². The first-order valence-corrected chi connectivity index (χ1v) is 7.77. The summed E-state index contributed by atoms with van der Waals surface area (Å²) in [5, 5.41) is 23.6. The minimum Gasteiger partial charge on any atom is -0.507 e. The Morgan fingerprint density at radius 1 is 1.17 bits per heavy atom. The molecule has 0 heterocycles. The van der Waals surface area contributed by atoms with E-state index in [1.807, 2.05) is 13.8 Å². The quantitative estimate of drug-likeness (QED) is 0.558. The highest BCUT2D eigenvalue weighted by Crippen LogP contribution is 2.35. The zero-order valence-corrected chi connectivity index (χ0v) is 13.7. The van der Waals surface area contributed by atoms with Crippen LogP contribution in [0.4, 0.5) is 0 Å². The van der Waals surface area contributed by atoms with Crippen LogP contribution in [0, 0.1) is 5.92 Å². The Morgan fingerprint density at radius 2 is 1.83 bits per heavy atom. The number of amides is 1. The fourth-order valence-corrected chi connectivity index (χ4v) is 2.26. The molecule has 2 aromatic rings. The number of nitrogens with one attached hydrogen (secondary N) is 1. The van der Waals surface area contributed by atoms with Crippen molar-refractivity contribution in [1.82, 2.24) is 5.32 Å². The molecule has 1 amide bonds. The third-order valence-corrected chi connectivity index (χ3v) is 3.59. The summed E-state index contributed by atoms with van der Waals surface area (Å²) in [7, 11) is 0. The summed E-state index contributed by atoms with van der Waals surface area (Å²) in [6, 6.07) is 7.73. The molecule has 0 saturated heterocycles. The first kappa shape index (κ1) is 17.6. The van der Waals surface area contributed by atoms with E-state index >= 15 is 0 Å². The van der Waals surface area contributed by atoms with E-state index in [2.05, 4.69) is 5.32 Å². The topological polar surface area (TPSA) is 95.9 Å². The molecule has 0 aromatic heterocycles. The zero-order chi connectivity index (χ0) is 17.7. The number of aromatic hydroxyl groups is 2. The summed E-state index contributed by atoms with van der Waals surface area (Å²) in [4.78, 5) is 23.7. The van der Waals surface area contributed by atoms with Gasteiger partial charge in [-0.1, -0.05) is 38.1 Å². The minimum atomic E-state index is -0.868. The number of benzene rings is 2. The molecule has 6 nitrogen and oxygen atoms in total. The van der Waals surface area contributed by atoms with Crippen molar-refractivity contribution in [3.05, 3.63) is 35.9 Å². The average Bonchev–Trinajstić information content (AvgIpc) is 2.55. The van der Waals surface area contributed by atoms with Crippen molar-refractivity contribution >= 4 is 22.6 Å². The molecule has 0 aliphatic carbocycles. The summed E-state index contributed by atoms with van der Waals surface area (Å²) in [5.74, 6) is -1.24. The van der Waals surface area contributed by atoms with Gasteiger partial charge in [0.2, 0.25) is 0 Å². The van der Waals surface area contributed by atoms with Crippen molar-refractivity contribution in [3.8, 4) is 11.5 Å². The molecule has 0 aliphatic rings. The molecule has 0 saturated carbocycles. The van der Waals surface area contributed by atoms with Crippen LogP contribution >= 0.6 is 0 Å². The summed E-state index contributed by atoms with van der Waals surface area (Å²) in [6.07, 6.45) is 0.832. The van der Waals surface area contributed by atoms with Gasteiger partial charge in [-0.3, -0.25) is 4.79 Å². The Balaban J connectivity index is 2.04. The third-order valence-electron chi connectivity index (χ3n) is 3.59. The van der Waals surface area contributed by atoms with Crippen molar-refractivity contribution in [2.75, 3.05) is 13.2 Å². The second-order valence-electron chi connectivity index (χ2n) is 5.95. The predicted molar refractivity (Wildman–Crippen MR) is 90.0 cm³/mol. The van der Waals surface area contributed by atoms with Crippen molar-refractivity contribution in [1.29, 1.82) is 0 Å². The number of carbonyl (C=O) groups is 2. The molecular formula is C18H21NO5. The largest absolute Gasteiger partial charge is 0.507 e. The molecule has 128 valence electrons. The summed E-state index contributed by atoms with van der Waals surface area (Å²) in [5.41, 5.74) is -0.179. The van der Waals surface area contributed by atoms with Gasteiger partial charge >= 0.3 is 5.97 Å². The highest BCUT2D eigenvalue weighted by molar-refractivity contribution is 6.04. The van der Waals surface area contributed by atoms with Crippen LogP contribution in [-0.2, 0) is 9.53 Å². The van der Waals surface area contributed by atoms with Crippen molar-refractivity contribution in [2.45, 2.75) is 20.3 Å². The number of rotatable bonds is 6. The van der Waals surface area contributed by atoms with Crippen molar-refractivity contribution in [2.24, 2.45) is 5.92 Å². The number of phenolic OH excluding ortho intramolecular Hbond substituents is 2. The van der Waals surface area contributed by atoms with Gasteiger partial charge in [-0.2, -0.15) is 0 Å². The first-order valence-electron chi connectivity index (χ1n) is 7.77. The van der Waals surface area contributed by atoms with Crippen LogP contribution in [0.3, 0.4) is 0 Å². The smallest absolute Gasteiger partial charge is 0.342 e. The molecule has 0 spiro atoms. The lowest BCUT2D eigenvalue weighted by Gasteiger charge is -2.10. The van der Waals surface area contributed by atoms with Gasteiger partial charge in [-0.15, -0.1) is 0 Å². The maximum absolute atomic E-state index is 12.1. The molecule has 2 aromatic carbocycles. The second-order valence-corrected chi connectivity index (χ2v) is 5.95. The third kappa shape index (κ3) is 4.16. The second kappa shape index (κ2) is 7.68. The molecule has 6 heteroatoms. The van der Waals surface area contributed by atoms with E-state index in [4.69, 9.17) is 4.74 Å². The lowest BCUT2D eigenvalue weighted by atomic mass is 10.0. The normalized spacial score (nSPS) is 10.8. The van der Waals surface area contributed by atoms with Crippen molar-refractivity contribution < 1.29 is 24.5 Å². The van der Waals surface area contributed by atoms with E-state index in [1.165, 1.54) is 0 Å². The fraction of sp³-hybridized carbons (Fsp3) is 0.333. The van der Waals surface area contributed by atoms with E-state index in [0.29, 0.717) is 23.2 Å². The van der Waals surface area contributed by atoms with E-state index in [0.717, 1.165) is 12.5 Å². The fourth-order valence-electron chi connectivity index (χ4n) is 2.26. The highest BCUT2D eigenvalue weighted by Gasteiger charge is 2.19. The number of fused-ring (bicyclic) bond motifs is 1. The molecule has 24 heavy (non-hydrogen) atoms. The van der Waals surface area contributed by atoms with Crippen LogP contribution in [0.1, 0.15) is 30.6 Å². The zero-order valence-electron chi connectivity index (χ0n) is 13.7. The van der Waals surface area contributed by atoms with Gasteiger partial charge in [-0.05, 0) is 18.4 Å². The van der Waals surface area contributed by atoms with Gasteiger partial charge in [-0.25, -0.2) is 4.79 Å². The number of esters is 1. The van der Waals surface area contributed by atoms with Gasteiger partial charge < -0.3 is 20.3 Å². The Morgan fingerprint density at radius 3 is 2.50 bits per heavy atom. The number of carbonyl (C=O) groups excluding carboxylic acids is 2. The SMILES string of the molecule is CC(C)CCNC(=O)COC(=O)c1cc(O)c2ccccc2c1O. The Labute approximate surface area is 140 Å². The summed E-state index contributed by atoms with van der Waals surface area (Å²) >= 11 is 0. The molecule has 0 unspecified atom stereocenters. The summed E-state index contributed by atoms with van der Waals surface area (Å²) < 4.78 is 4.91. The highest BCUT2D eigenvalue weighted by atomic mass is 16.5. The van der Waals surface area contributed by atoms with Gasteiger partial charge in [0.15, 0.2) is 6.61 Å². The maximum Gasteiger partial charge on any atom is 0.342 e. The molecular weight excluding hydrogens is 310 g/mol. The number of phenols is 2. The molecule has 0 atom stereocenters. The van der Waals surface area contributed by atoms with Crippen LogP contribution in [0.15, 0.2) is 30.3 Å². The van der Waals surface area contributed by atoms with Crippen LogP contribution in [0.25, 0.3) is 10.8 Å². The van der Waals surface area contributed by atoms with Gasteiger partial charge in [0, 0.05) is 17.3 Å². The van der Waals surface area contributed by atoms with Gasteiger partial charge in [0.25, 0.3) is 5.91 Å². The van der Waals surface area contributed by atoms with E-state index in [-0.39, 0.29) is 17.1 Å². The molecule has 0 bridgehead atoms. The lowest BCUT2D eigenvalue weighted by molar-refractivity contribution is -0.124. The minimum absolute atomic E-state index is 0.142. The van der Waals surface area contributed by atoms with Crippen LogP contribution < -0.4 is 5.32 Å². The predicted octanol–water partition coefficient (Wildman–Crippen LogP) is 2.57. The molecule has 0 fully saturated rings. The van der Waals surface area contributed by atoms with Crippen molar-refractivity contribution in [3.63, 3.8) is 0 Å². The van der Waals surface area contributed by atoms with Crippen LogP contribution in [0.5, 0.6) is 11.5 Å². The first-order chi connectivity index (χ1) is 11.4. The Kier molecular flexibility index (Phi) is 5.63. The Bertz CT molecular complexity index is 754. The van der Waals surface area contributed by atoms with Gasteiger partial charge in [0.1, 0.15) is 17.1 Å². The molecule has 3 N–H and O–H groups in total. The number of hydrogen-bond donors (Lipinski definition) is 3. The lowest BCUT2D eigenvalue weighted by Crippen LogP contribution is -2.30. The molecule has 0 radical (unpaired) electrons.